The molecule has 1 aromatic carbocycles. The van der Waals surface area contributed by atoms with E-state index in [1.54, 1.807) is 0 Å². The van der Waals surface area contributed by atoms with Crippen LogP contribution in [0.2, 0.25) is 0 Å². The van der Waals surface area contributed by atoms with E-state index < -0.39 is 0 Å². The van der Waals surface area contributed by atoms with Crippen LogP contribution in [0.1, 0.15) is 33.6 Å². The van der Waals surface area contributed by atoms with Gasteiger partial charge < -0.3 is 10.2 Å². The van der Waals surface area contributed by atoms with E-state index >= 15 is 0 Å². The molecular formula is C15H25FN2. The Morgan fingerprint density at radius 3 is 2.44 bits per heavy atom. The minimum Gasteiger partial charge on any atom is -0.372 e. The lowest BCUT2D eigenvalue weighted by Crippen LogP contribution is -2.32. The summed E-state index contributed by atoms with van der Waals surface area (Å²) in [6.07, 6.45) is 2.27. The van der Waals surface area contributed by atoms with Crippen molar-refractivity contribution >= 4 is 5.69 Å². The summed E-state index contributed by atoms with van der Waals surface area (Å²) in [7, 11) is 0. The number of halogens is 1. The summed E-state index contributed by atoms with van der Waals surface area (Å²) in [5.74, 6) is -0.173. The van der Waals surface area contributed by atoms with Gasteiger partial charge in [0.15, 0.2) is 0 Å². The van der Waals surface area contributed by atoms with Crippen molar-refractivity contribution in [2.75, 3.05) is 24.5 Å². The first-order valence-electron chi connectivity index (χ1n) is 6.91. The quantitative estimate of drug-likeness (QED) is 0.762. The maximum atomic E-state index is 12.9. The van der Waals surface area contributed by atoms with Crippen molar-refractivity contribution in [2.24, 2.45) is 0 Å². The Hall–Kier alpha value is -1.09. The van der Waals surface area contributed by atoms with Gasteiger partial charge in [0, 0.05) is 24.8 Å². The number of nitrogens with zero attached hydrogens (tertiary/aromatic N) is 1. The second kappa shape index (κ2) is 8.09. The zero-order chi connectivity index (χ0) is 13.4. The second-order valence-corrected chi connectivity index (χ2v) is 4.70. The summed E-state index contributed by atoms with van der Waals surface area (Å²) in [5, 5.41) is 3.49. The minimum absolute atomic E-state index is 0.173. The first-order valence-corrected chi connectivity index (χ1v) is 6.91. The number of hydrogen-bond donors (Lipinski definition) is 1. The van der Waals surface area contributed by atoms with Gasteiger partial charge in [-0.05, 0) is 57.5 Å². The number of rotatable bonds is 8. The molecule has 0 heterocycles. The van der Waals surface area contributed by atoms with Crippen molar-refractivity contribution in [3.05, 3.63) is 30.1 Å². The van der Waals surface area contributed by atoms with E-state index in [-0.39, 0.29) is 5.82 Å². The molecule has 0 amide bonds. The van der Waals surface area contributed by atoms with E-state index in [9.17, 15) is 4.39 Å². The van der Waals surface area contributed by atoms with Gasteiger partial charge in [-0.2, -0.15) is 0 Å². The highest BCUT2D eigenvalue weighted by molar-refractivity contribution is 5.45. The smallest absolute Gasteiger partial charge is 0.123 e. The van der Waals surface area contributed by atoms with E-state index in [1.165, 1.54) is 18.6 Å². The molecule has 0 aromatic heterocycles. The molecule has 0 bridgehead atoms. The Morgan fingerprint density at radius 2 is 1.89 bits per heavy atom. The normalized spacial score (nSPS) is 12.4. The average Bonchev–Trinajstić information content (AvgIpc) is 2.39. The van der Waals surface area contributed by atoms with Crippen LogP contribution in [0.15, 0.2) is 24.3 Å². The minimum atomic E-state index is -0.173. The molecule has 0 fully saturated rings. The maximum Gasteiger partial charge on any atom is 0.123 e. The van der Waals surface area contributed by atoms with Gasteiger partial charge in [-0.1, -0.05) is 6.92 Å². The molecule has 0 aliphatic carbocycles. The van der Waals surface area contributed by atoms with Gasteiger partial charge in [-0.15, -0.1) is 0 Å². The third-order valence-electron chi connectivity index (χ3n) is 3.15. The zero-order valence-electron chi connectivity index (χ0n) is 11.7. The lowest BCUT2D eigenvalue weighted by Gasteiger charge is -2.25. The Morgan fingerprint density at radius 1 is 1.22 bits per heavy atom. The van der Waals surface area contributed by atoms with Gasteiger partial charge in [0.2, 0.25) is 0 Å². The van der Waals surface area contributed by atoms with E-state index in [1.807, 2.05) is 12.1 Å². The average molecular weight is 252 g/mol. The zero-order valence-corrected chi connectivity index (χ0v) is 11.7. The fourth-order valence-electron chi connectivity index (χ4n) is 1.96. The highest BCUT2D eigenvalue weighted by Crippen LogP contribution is 2.15. The van der Waals surface area contributed by atoms with E-state index in [0.29, 0.717) is 6.04 Å². The summed E-state index contributed by atoms with van der Waals surface area (Å²) in [4.78, 5) is 2.28. The third kappa shape index (κ3) is 5.05. The predicted octanol–water partition coefficient (Wildman–Crippen LogP) is 3.43. The van der Waals surface area contributed by atoms with Crippen LogP contribution < -0.4 is 10.2 Å². The molecule has 0 aliphatic heterocycles. The first-order chi connectivity index (χ1) is 8.67. The number of nitrogens with one attached hydrogen (secondary N) is 1. The summed E-state index contributed by atoms with van der Waals surface area (Å²) in [6, 6.07) is 7.28. The van der Waals surface area contributed by atoms with Crippen molar-refractivity contribution < 1.29 is 4.39 Å². The summed E-state index contributed by atoms with van der Waals surface area (Å²) < 4.78 is 12.9. The van der Waals surface area contributed by atoms with Gasteiger partial charge in [0.1, 0.15) is 5.82 Å². The van der Waals surface area contributed by atoms with Crippen LogP contribution in [0.5, 0.6) is 0 Å². The third-order valence-corrected chi connectivity index (χ3v) is 3.15. The maximum absolute atomic E-state index is 12.9. The van der Waals surface area contributed by atoms with E-state index in [0.717, 1.165) is 31.7 Å². The Bertz CT molecular complexity index is 324. The van der Waals surface area contributed by atoms with Gasteiger partial charge in [-0.25, -0.2) is 4.39 Å². The highest BCUT2D eigenvalue weighted by Gasteiger charge is 2.07. The van der Waals surface area contributed by atoms with Crippen LogP contribution in [-0.4, -0.2) is 25.7 Å². The van der Waals surface area contributed by atoms with Crippen LogP contribution in [0.25, 0.3) is 0 Å². The molecule has 1 unspecified atom stereocenters. The van der Waals surface area contributed by atoms with Gasteiger partial charge in [-0.3, -0.25) is 0 Å². The van der Waals surface area contributed by atoms with Crippen LogP contribution >= 0.6 is 0 Å². The topological polar surface area (TPSA) is 15.3 Å². The molecule has 0 spiro atoms. The van der Waals surface area contributed by atoms with Crippen molar-refractivity contribution in [3.63, 3.8) is 0 Å². The fourth-order valence-corrected chi connectivity index (χ4v) is 1.96. The summed E-state index contributed by atoms with van der Waals surface area (Å²) in [5.41, 5.74) is 1.10. The number of benzene rings is 1. The van der Waals surface area contributed by atoms with Crippen molar-refractivity contribution in [2.45, 2.75) is 39.7 Å². The van der Waals surface area contributed by atoms with Crippen LogP contribution in [0.4, 0.5) is 10.1 Å². The van der Waals surface area contributed by atoms with Crippen LogP contribution in [0, 0.1) is 5.82 Å². The van der Waals surface area contributed by atoms with E-state index in [4.69, 9.17) is 0 Å². The van der Waals surface area contributed by atoms with Crippen LogP contribution in [0.3, 0.4) is 0 Å². The lowest BCUT2D eigenvalue weighted by atomic mass is 10.2. The first kappa shape index (κ1) is 15.0. The number of anilines is 1. The summed E-state index contributed by atoms with van der Waals surface area (Å²) in [6.45, 7) is 9.55. The monoisotopic (exact) mass is 252 g/mol. The molecule has 0 saturated carbocycles. The molecule has 1 atom stereocenters. The Kier molecular flexibility index (Phi) is 6.73. The molecule has 18 heavy (non-hydrogen) atoms. The molecule has 1 N–H and O–H groups in total. The molecular weight excluding hydrogens is 227 g/mol. The molecule has 1 aromatic rings. The number of hydrogen-bond acceptors (Lipinski definition) is 2. The highest BCUT2D eigenvalue weighted by atomic mass is 19.1. The van der Waals surface area contributed by atoms with Gasteiger partial charge >= 0.3 is 0 Å². The predicted molar refractivity (Wildman–Crippen MR) is 76.7 cm³/mol. The molecule has 102 valence electrons. The molecule has 3 heteroatoms. The molecule has 1 rings (SSSR count). The Labute approximate surface area is 110 Å². The van der Waals surface area contributed by atoms with Gasteiger partial charge in [0.05, 0.1) is 0 Å². The molecule has 0 saturated heterocycles. The molecule has 0 radical (unpaired) electrons. The fraction of sp³-hybridized carbons (Fsp3) is 0.600. The SMILES string of the molecule is CCCNC(C)CCN(CC)c1ccc(F)cc1. The lowest BCUT2D eigenvalue weighted by molar-refractivity contribution is 0.511. The standard InChI is InChI=1S/C15H25FN2/c1-4-11-17-13(3)10-12-18(5-2)15-8-6-14(16)7-9-15/h6-9,13,17H,4-5,10-12H2,1-3H3. The second-order valence-electron chi connectivity index (χ2n) is 4.70. The molecule has 2 nitrogen and oxygen atoms in total. The summed E-state index contributed by atoms with van der Waals surface area (Å²) >= 11 is 0. The molecule has 0 aliphatic rings. The van der Waals surface area contributed by atoms with E-state index in [2.05, 4.69) is 31.0 Å². The van der Waals surface area contributed by atoms with Crippen molar-refractivity contribution in [1.29, 1.82) is 0 Å². The van der Waals surface area contributed by atoms with Crippen molar-refractivity contribution in [1.82, 2.24) is 5.32 Å². The van der Waals surface area contributed by atoms with Gasteiger partial charge in [0.25, 0.3) is 0 Å². The Balaban J connectivity index is 2.44. The van der Waals surface area contributed by atoms with Crippen molar-refractivity contribution in [3.8, 4) is 0 Å². The largest absolute Gasteiger partial charge is 0.372 e. The van der Waals surface area contributed by atoms with Crippen LogP contribution in [-0.2, 0) is 0 Å².